The van der Waals surface area contributed by atoms with Crippen molar-refractivity contribution < 1.29 is 0 Å². The van der Waals surface area contributed by atoms with Gasteiger partial charge in [0.1, 0.15) is 5.82 Å². The summed E-state index contributed by atoms with van der Waals surface area (Å²) in [5.41, 5.74) is 10.1. The molecule has 1 unspecified atom stereocenters. The average molecular weight is 427 g/mol. The van der Waals surface area contributed by atoms with Crippen LogP contribution in [0.2, 0.25) is 0 Å². The first-order valence-corrected chi connectivity index (χ1v) is 10.3. The maximum Gasteiger partial charge on any atom is 0.179 e. The third-order valence-electron chi connectivity index (χ3n) is 6.09. The van der Waals surface area contributed by atoms with Crippen LogP contribution in [-0.2, 0) is 6.54 Å². The Labute approximate surface area is 166 Å². The molecule has 3 aliphatic heterocycles. The normalized spacial score (nSPS) is 24.6. The van der Waals surface area contributed by atoms with Crippen molar-refractivity contribution in [3.8, 4) is 0 Å². The molecule has 3 fully saturated rings. The highest BCUT2D eigenvalue weighted by Crippen LogP contribution is 2.39. The van der Waals surface area contributed by atoms with Crippen LogP contribution in [0.5, 0.6) is 0 Å². The lowest BCUT2D eigenvalue weighted by atomic mass is 9.75. The molecule has 2 N–H and O–H groups in total. The highest BCUT2D eigenvalue weighted by molar-refractivity contribution is 9.10. The van der Waals surface area contributed by atoms with Gasteiger partial charge in [-0.2, -0.15) is 0 Å². The number of fused-ring (bicyclic) bond motifs is 4. The third-order valence-corrected chi connectivity index (χ3v) is 6.70. The molecule has 0 radical (unpaired) electrons. The van der Waals surface area contributed by atoms with Crippen molar-refractivity contribution in [2.24, 2.45) is 5.92 Å². The topological polar surface area (TPSA) is 72.9 Å². The number of nitrogens with zero attached hydrogens (tertiary/aromatic N) is 5. The first-order chi connectivity index (χ1) is 13.1. The molecule has 2 bridgehead atoms. The summed E-state index contributed by atoms with van der Waals surface area (Å²) in [4.78, 5) is 15.9. The number of hydrogen-bond acceptors (Lipinski definition) is 5. The van der Waals surface area contributed by atoms with E-state index in [2.05, 4.69) is 60.0 Å². The monoisotopic (exact) mass is 426 g/mol. The van der Waals surface area contributed by atoms with Crippen molar-refractivity contribution in [2.45, 2.75) is 32.2 Å². The summed E-state index contributed by atoms with van der Waals surface area (Å²) in [6.07, 6.45) is 2.70. The quantitative estimate of drug-likeness (QED) is 0.650. The van der Waals surface area contributed by atoms with Gasteiger partial charge in [0.25, 0.3) is 0 Å². The number of rotatable bonds is 3. The van der Waals surface area contributed by atoms with Crippen molar-refractivity contribution in [2.75, 3.05) is 25.4 Å². The van der Waals surface area contributed by atoms with Crippen LogP contribution in [0, 0.1) is 12.8 Å². The summed E-state index contributed by atoms with van der Waals surface area (Å²) in [6.45, 7) is 6.34. The zero-order valence-corrected chi connectivity index (χ0v) is 17.0. The minimum atomic E-state index is 0.426. The van der Waals surface area contributed by atoms with Gasteiger partial charge < -0.3 is 10.6 Å². The SMILES string of the molecule is Cc1nc(N)c2nc(Br)n(Cc3ccc(C4CN5CCC4CC5)cc3)c2n1. The molecule has 0 saturated carbocycles. The van der Waals surface area contributed by atoms with E-state index < -0.39 is 0 Å². The van der Waals surface area contributed by atoms with E-state index in [0.717, 1.165) is 16.3 Å². The molecule has 0 amide bonds. The van der Waals surface area contributed by atoms with Crippen LogP contribution in [0.1, 0.15) is 35.7 Å². The van der Waals surface area contributed by atoms with E-state index in [4.69, 9.17) is 5.73 Å². The number of aryl methyl sites for hydroxylation is 1. The van der Waals surface area contributed by atoms with Gasteiger partial charge in [0.15, 0.2) is 21.7 Å². The number of benzene rings is 1. The van der Waals surface area contributed by atoms with Gasteiger partial charge in [0, 0.05) is 6.54 Å². The molecule has 7 heteroatoms. The van der Waals surface area contributed by atoms with E-state index in [9.17, 15) is 0 Å². The lowest BCUT2D eigenvalue weighted by Gasteiger charge is -2.45. The minimum absolute atomic E-state index is 0.426. The van der Waals surface area contributed by atoms with Crippen molar-refractivity contribution in [1.29, 1.82) is 0 Å². The summed E-state index contributed by atoms with van der Waals surface area (Å²) >= 11 is 3.55. The van der Waals surface area contributed by atoms with Crippen LogP contribution in [0.4, 0.5) is 5.82 Å². The Hall–Kier alpha value is -1.99. The van der Waals surface area contributed by atoms with Gasteiger partial charge in [-0.1, -0.05) is 24.3 Å². The molecule has 3 aromatic rings. The number of nitrogens with two attached hydrogens (primary N) is 1. The molecule has 140 valence electrons. The molecular weight excluding hydrogens is 404 g/mol. The molecule has 1 aromatic carbocycles. The van der Waals surface area contributed by atoms with Crippen LogP contribution >= 0.6 is 15.9 Å². The highest BCUT2D eigenvalue weighted by atomic mass is 79.9. The van der Waals surface area contributed by atoms with E-state index in [1.807, 2.05) is 11.5 Å². The molecule has 3 saturated heterocycles. The van der Waals surface area contributed by atoms with Crippen molar-refractivity contribution >= 4 is 32.9 Å². The fourth-order valence-corrected chi connectivity index (χ4v) is 5.11. The van der Waals surface area contributed by atoms with E-state index in [0.29, 0.717) is 29.6 Å². The second kappa shape index (κ2) is 6.56. The Morgan fingerprint density at radius 2 is 1.85 bits per heavy atom. The molecule has 27 heavy (non-hydrogen) atoms. The molecular formula is C20H23BrN6. The van der Waals surface area contributed by atoms with Crippen molar-refractivity contribution in [1.82, 2.24) is 24.4 Å². The fraction of sp³-hybridized carbons (Fsp3) is 0.450. The van der Waals surface area contributed by atoms with Crippen LogP contribution in [0.3, 0.4) is 0 Å². The zero-order valence-electron chi connectivity index (χ0n) is 15.4. The summed E-state index contributed by atoms with van der Waals surface area (Å²) in [6, 6.07) is 9.10. The van der Waals surface area contributed by atoms with Gasteiger partial charge in [-0.25, -0.2) is 15.0 Å². The molecule has 2 aromatic heterocycles. The Balaban J connectivity index is 1.42. The van der Waals surface area contributed by atoms with Crippen LogP contribution < -0.4 is 5.73 Å². The zero-order chi connectivity index (χ0) is 18.5. The highest BCUT2D eigenvalue weighted by Gasteiger charge is 2.34. The van der Waals surface area contributed by atoms with Gasteiger partial charge in [0.05, 0.1) is 6.54 Å². The maximum absolute atomic E-state index is 6.01. The van der Waals surface area contributed by atoms with Crippen LogP contribution in [0.25, 0.3) is 11.2 Å². The standard InChI is InChI=1S/C20H23BrN6/c1-12-23-18(22)17-19(24-12)27(20(21)25-17)10-13-2-4-14(5-3-13)16-11-26-8-6-15(16)7-9-26/h2-5,15-16H,6-11H2,1H3,(H2,22,23,24). The second-order valence-electron chi connectivity index (χ2n) is 7.78. The number of halogens is 1. The largest absolute Gasteiger partial charge is 0.382 e. The van der Waals surface area contributed by atoms with Gasteiger partial charge in [0.2, 0.25) is 0 Å². The number of piperidine rings is 3. The second-order valence-corrected chi connectivity index (χ2v) is 8.49. The fourth-order valence-electron chi connectivity index (χ4n) is 4.64. The summed E-state index contributed by atoms with van der Waals surface area (Å²) < 4.78 is 2.77. The molecule has 6 rings (SSSR count). The average Bonchev–Trinajstić information content (AvgIpc) is 2.99. The van der Waals surface area contributed by atoms with Gasteiger partial charge >= 0.3 is 0 Å². The van der Waals surface area contributed by atoms with Crippen LogP contribution in [-0.4, -0.2) is 44.1 Å². The van der Waals surface area contributed by atoms with Gasteiger partial charge in [-0.05, 0) is 71.7 Å². The molecule has 6 nitrogen and oxygen atoms in total. The van der Waals surface area contributed by atoms with E-state index in [1.54, 1.807) is 0 Å². The first kappa shape index (κ1) is 17.1. The number of aromatic nitrogens is 4. The Morgan fingerprint density at radius 3 is 2.52 bits per heavy atom. The minimum Gasteiger partial charge on any atom is -0.382 e. The molecule has 3 aliphatic rings. The lowest BCUT2D eigenvalue weighted by Crippen LogP contribution is -2.46. The van der Waals surface area contributed by atoms with Gasteiger partial charge in [-0.3, -0.25) is 4.57 Å². The van der Waals surface area contributed by atoms with E-state index >= 15 is 0 Å². The van der Waals surface area contributed by atoms with Gasteiger partial charge in [-0.15, -0.1) is 0 Å². The van der Waals surface area contributed by atoms with Crippen LogP contribution in [0.15, 0.2) is 29.0 Å². The Morgan fingerprint density at radius 1 is 1.11 bits per heavy atom. The maximum atomic E-state index is 6.01. The van der Waals surface area contributed by atoms with Crippen molar-refractivity contribution in [3.05, 3.63) is 46.0 Å². The molecule has 0 spiro atoms. The van der Waals surface area contributed by atoms with E-state index in [1.165, 1.54) is 43.6 Å². The predicted octanol–water partition coefficient (Wildman–Crippen LogP) is 3.34. The molecule has 5 heterocycles. The molecule has 0 aliphatic carbocycles. The van der Waals surface area contributed by atoms with Crippen molar-refractivity contribution in [3.63, 3.8) is 0 Å². The summed E-state index contributed by atoms with van der Waals surface area (Å²) in [5.74, 6) is 2.63. The number of nitrogen functional groups attached to an aromatic ring is 1. The smallest absolute Gasteiger partial charge is 0.179 e. The predicted molar refractivity (Wildman–Crippen MR) is 110 cm³/mol. The number of hydrogen-bond donors (Lipinski definition) is 1. The Kier molecular flexibility index (Phi) is 4.16. The van der Waals surface area contributed by atoms with E-state index in [-0.39, 0.29) is 0 Å². The molecule has 1 atom stereocenters. The first-order valence-electron chi connectivity index (χ1n) is 9.55. The third kappa shape index (κ3) is 3.02. The summed E-state index contributed by atoms with van der Waals surface area (Å²) in [5, 5.41) is 0. The number of imidazole rings is 1. The lowest BCUT2D eigenvalue weighted by molar-refractivity contribution is 0.0871. The number of anilines is 1. The Bertz CT molecular complexity index is 988. The summed E-state index contributed by atoms with van der Waals surface area (Å²) in [7, 11) is 0.